The fraction of sp³-hybridized carbons (Fsp3) is 0.909. The summed E-state index contributed by atoms with van der Waals surface area (Å²) >= 11 is 0. The second-order valence-electron chi connectivity index (χ2n) is 4.53. The van der Waals surface area contributed by atoms with Crippen LogP contribution in [0.4, 0.5) is 0 Å². The van der Waals surface area contributed by atoms with E-state index in [2.05, 4.69) is 12.2 Å². The Bertz CT molecular complexity index is 283. The topological polar surface area (TPSA) is 49.4 Å². The molecule has 4 unspecified atom stereocenters. The quantitative estimate of drug-likeness (QED) is 0.777. The third-order valence-corrected chi connectivity index (χ3v) is 3.87. The van der Waals surface area contributed by atoms with Crippen molar-refractivity contribution >= 4 is 16.7 Å². The SMILES string of the molecule is CCCC1NC(C)C(=O)N1C(C)CS(C)=O. The van der Waals surface area contributed by atoms with Crippen LogP contribution in [-0.2, 0) is 15.6 Å². The smallest absolute Gasteiger partial charge is 0.240 e. The van der Waals surface area contributed by atoms with Gasteiger partial charge in [-0.3, -0.25) is 14.3 Å². The van der Waals surface area contributed by atoms with Crippen LogP contribution in [-0.4, -0.2) is 45.3 Å². The van der Waals surface area contributed by atoms with E-state index in [-0.39, 0.29) is 24.2 Å². The van der Waals surface area contributed by atoms with Gasteiger partial charge in [0.15, 0.2) is 0 Å². The Balaban J connectivity index is 2.72. The minimum absolute atomic E-state index is 0.0485. The van der Waals surface area contributed by atoms with Crippen LogP contribution in [0, 0.1) is 0 Å². The third kappa shape index (κ3) is 3.04. The van der Waals surface area contributed by atoms with Crippen LogP contribution in [0.15, 0.2) is 0 Å². The van der Waals surface area contributed by atoms with Gasteiger partial charge in [0.1, 0.15) is 0 Å². The minimum Gasteiger partial charge on any atom is -0.322 e. The third-order valence-electron chi connectivity index (χ3n) is 2.92. The zero-order valence-electron chi connectivity index (χ0n) is 10.5. The van der Waals surface area contributed by atoms with Crippen molar-refractivity contribution in [2.45, 2.75) is 51.9 Å². The molecule has 0 radical (unpaired) electrons. The van der Waals surface area contributed by atoms with Gasteiger partial charge in [0, 0.05) is 28.9 Å². The van der Waals surface area contributed by atoms with Crippen molar-refractivity contribution in [2.75, 3.05) is 12.0 Å². The molecule has 1 rings (SSSR count). The lowest BCUT2D eigenvalue weighted by Crippen LogP contribution is -2.45. The average molecular weight is 246 g/mol. The molecule has 0 spiro atoms. The van der Waals surface area contributed by atoms with Crippen LogP contribution in [0.2, 0.25) is 0 Å². The Morgan fingerprint density at radius 2 is 2.19 bits per heavy atom. The van der Waals surface area contributed by atoms with Crippen LogP contribution in [0.5, 0.6) is 0 Å². The van der Waals surface area contributed by atoms with Gasteiger partial charge >= 0.3 is 0 Å². The highest BCUT2D eigenvalue weighted by molar-refractivity contribution is 7.84. The van der Waals surface area contributed by atoms with Crippen molar-refractivity contribution in [1.29, 1.82) is 0 Å². The van der Waals surface area contributed by atoms with Crippen LogP contribution >= 0.6 is 0 Å². The van der Waals surface area contributed by atoms with Gasteiger partial charge in [-0.1, -0.05) is 13.3 Å². The number of carbonyl (C=O) groups is 1. The Kier molecular flexibility index (Phi) is 4.92. The molecule has 1 saturated heterocycles. The molecule has 0 aromatic heterocycles. The van der Waals surface area contributed by atoms with Crippen molar-refractivity contribution in [3.63, 3.8) is 0 Å². The lowest BCUT2D eigenvalue weighted by atomic mass is 10.2. The second kappa shape index (κ2) is 5.77. The predicted octanol–water partition coefficient (Wildman–Crippen LogP) is 0.700. The molecule has 5 heteroatoms. The molecule has 1 N–H and O–H groups in total. The maximum atomic E-state index is 12.0. The normalized spacial score (nSPS) is 29.5. The van der Waals surface area contributed by atoms with Crippen LogP contribution in [0.25, 0.3) is 0 Å². The molecule has 1 fully saturated rings. The number of hydrogen-bond donors (Lipinski definition) is 1. The lowest BCUT2D eigenvalue weighted by molar-refractivity contribution is -0.131. The Labute approximate surface area is 100 Å². The maximum Gasteiger partial charge on any atom is 0.240 e. The van der Waals surface area contributed by atoms with E-state index >= 15 is 0 Å². The summed E-state index contributed by atoms with van der Waals surface area (Å²) in [6.07, 6.45) is 3.79. The monoisotopic (exact) mass is 246 g/mol. The standard InChI is InChI=1S/C11H22N2O2S/c1-5-6-10-12-9(3)11(14)13(10)8(2)7-16(4)15/h8-10,12H,5-7H2,1-4H3. The highest BCUT2D eigenvalue weighted by atomic mass is 32.2. The molecular weight excluding hydrogens is 224 g/mol. The summed E-state index contributed by atoms with van der Waals surface area (Å²) in [7, 11) is -0.858. The average Bonchev–Trinajstić information content (AvgIpc) is 2.42. The van der Waals surface area contributed by atoms with Crippen LogP contribution in [0.3, 0.4) is 0 Å². The Morgan fingerprint density at radius 3 is 2.69 bits per heavy atom. The van der Waals surface area contributed by atoms with Crippen molar-refractivity contribution in [1.82, 2.24) is 10.2 Å². The zero-order valence-corrected chi connectivity index (χ0v) is 11.3. The molecule has 0 bridgehead atoms. The molecule has 94 valence electrons. The van der Waals surface area contributed by atoms with Gasteiger partial charge in [-0.2, -0.15) is 0 Å². The number of amides is 1. The lowest BCUT2D eigenvalue weighted by Gasteiger charge is -2.29. The number of nitrogens with one attached hydrogen (secondary N) is 1. The van der Waals surface area contributed by atoms with E-state index in [1.807, 2.05) is 18.7 Å². The number of hydrogen-bond acceptors (Lipinski definition) is 3. The van der Waals surface area contributed by atoms with E-state index in [4.69, 9.17) is 0 Å². The first-order chi connectivity index (χ1) is 7.47. The number of rotatable bonds is 5. The van der Waals surface area contributed by atoms with E-state index in [0.29, 0.717) is 5.75 Å². The summed E-state index contributed by atoms with van der Waals surface area (Å²) in [6, 6.07) is -0.0587. The first-order valence-corrected chi connectivity index (χ1v) is 7.58. The zero-order chi connectivity index (χ0) is 12.3. The van der Waals surface area contributed by atoms with E-state index < -0.39 is 10.8 Å². The molecule has 1 aliphatic heterocycles. The van der Waals surface area contributed by atoms with Gasteiger partial charge < -0.3 is 4.90 Å². The molecule has 0 aromatic rings. The van der Waals surface area contributed by atoms with Crippen molar-refractivity contribution in [3.8, 4) is 0 Å². The molecule has 16 heavy (non-hydrogen) atoms. The summed E-state index contributed by atoms with van der Waals surface area (Å²) in [5.41, 5.74) is 0. The Hall–Kier alpha value is -0.420. The molecule has 4 atom stereocenters. The summed E-state index contributed by atoms with van der Waals surface area (Å²) < 4.78 is 11.2. The molecule has 1 amide bonds. The van der Waals surface area contributed by atoms with Gasteiger partial charge in [0.2, 0.25) is 5.91 Å². The molecule has 0 aliphatic carbocycles. The first-order valence-electron chi connectivity index (χ1n) is 5.85. The number of carbonyl (C=O) groups excluding carboxylic acids is 1. The first kappa shape index (κ1) is 13.6. The molecule has 0 aromatic carbocycles. The van der Waals surface area contributed by atoms with Gasteiger partial charge in [0.05, 0.1) is 12.2 Å². The minimum atomic E-state index is -0.858. The second-order valence-corrected chi connectivity index (χ2v) is 6.01. The van der Waals surface area contributed by atoms with Crippen molar-refractivity contribution in [2.24, 2.45) is 0 Å². The number of nitrogens with zero attached hydrogens (tertiary/aromatic N) is 1. The maximum absolute atomic E-state index is 12.0. The Morgan fingerprint density at radius 1 is 1.56 bits per heavy atom. The predicted molar refractivity (Wildman–Crippen MR) is 66.5 cm³/mol. The van der Waals surface area contributed by atoms with Gasteiger partial charge in [0.25, 0.3) is 0 Å². The highest BCUT2D eigenvalue weighted by Crippen LogP contribution is 2.18. The molecule has 4 nitrogen and oxygen atoms in total. The van der Waals surface area contributed by atoms with Gasteiger partial charge in [-0.15, -0.1) is 0 Å². The van der Waals surface area contributed by atoms with Crippen LogP contribution < -0.4 is 5.32 Å². The van der Waals surface area contributed by atoms with Gasteiger partial charge in [-0.05, 0) is 20.3 Å². The molecule has 0 saturated carbocycles. The highest BCUT2D eigenvalue weighted by Gasteiger charge is 2.38. The largest absolute Gasteiger partial charge is 0.322 e. The summed E-state index contributed by atoms with van der Waals surface area (Å²) in [5.74, 6) is 0.691. The van der Waals surface area contributed by atoms with Gasteiger partial charge in [-0.25, -0.2) is 0 Å². The fourth-order valence-corrected chi connectivity index (χ4v) is 3.10. The van der Waals surface area contributed by atoms with E-state index in [9.17, 15) is 9.00 Å². The summed E-state index contributed by atoms with van der Waals surface area (Å²) in [6.45, 7) is 5.97. The van der Waals surface area contributed by atoms with E-state index in [1.54, 1.807) is 6.26 Å². The van der Waals surface area contributed by atoms with Crippen molar-refractivity contribution < 1.29 is 9.00 Å². The van der Waals surface area contributed by atoms with E-state index in [0.717, 1.165) is 12.8 Å². The summed E-state index contributed by atoms with van der Waals surface area (Å²) in [4.78, 5) is 13.8. The van der Waals surface area contributed by atoms with Crippen molar-refractivity contribution in [3.05, 3.63) is 0 Å². The molecule has 1 heterocycles. The summed E-state index contributed by atoms with van der Waals surface area (Å²) in [5, 5.41) is 3.29. The van der Waals surface area contributed by atoms with Crippen LogP contribution in [0.1, 0.15) is 33.6 Å². The fourth-order valence-electron chi connectivity index (χ4n) is 2.26. The molecule has 1 aliphatic rings. The van der Waals surface area contributed by atoms with E-state index in [1.165, 1.54) is 0 Å². The molecular formula is C11H22N2O2S.